The van der Waals surface area contributed by atoms with E-state index in [4.69, 9.17) is 5.73 Å². The molecule has 0 spiro atoms. The Hall–Kier alpha value is -1.71. The maximum absolute atomic E-state index is 12.9. The quantitative estimate of drug-likeness (QED) is 0.699. The minimum absolute atomic E-state index is 0.468. The van der Waals surface area contributed by atoms with Gasteiger partial charge in [-0.2, -0.15) is 0 Å². The number of rotatable bonds is 1. The average Bonchev–Trinajstić information content (AvgIpc) is 2.46. The fourth-order valence-electron chi connectivity index (χ4n) is 1.81. The number of hydrogen-bond donors (Lipinski definition) is 1. The smallest absolute Gasteiger partial charge is 0.241 e. The predicted octanol–water partition coefficient (Wildman–Crippen LogP) is 1.48. The van der Waals surface area contributed by atoms with Crippen LogP contribution < -0.4 is 5.73 Å². The van der Waals surface area contributed by atoms with E-state index in [1.807, 2.05) is 0 Å². The third-order valence-electron chi connectivity index (χ3n) is 2.42. The van der Waals surface area contributed by atoms with Crippen LogP contribution >= 0.6 is 0 Å². The summed E-state index contributed by atoms with van der Waals surface area (Å²) in [6.07, 6.45) is 2.25. The molecule has 0 saturated carbocycles. The molecule has 4 heteroatoms. The van der Waals surface area contributed by atoms with Crippen LogP contribution in [-0.4, -0.2) is 5.91 Å². The number of benzene rings is 1. The van der Waals surface area contributed by atoms with Crippen molar-refractivity contribution in [2.24, 2.45) is 5.73 Å². The van der Waals surface area contributed by atoms with Crippen LogP contribution in [0.25, 0.3) is 0 Å². The second-order valence-electron chi connectivity index (χ2n) is 3.59. The first-order valence-corrected chi connectivity index (χ1v) is 4.52. The lowest BCUT2D eigenvalue weighted by Crippen LogP contribution is -2.07. The molecule has 2 rings (SSSR count). The van der Waals surface area contributed by atoms with E-state index < -0.39 is 17.5 Å². The van der Waals surface area contributed by atoms with Crippen molar-refractivity contribution in [1.29, 1.82) is 0 Å². The maximum atomic E-state index is 12.9. The first-order chi connectivity index (χ1) is 7.06. The van der Waals surface area contributed by atoms with Gasteiger partial charge in [0, 0.05) is 6.08 Å². The van der Waals surface area contributed by atoms with Gasteiger partial charge in [0.05, 0.1) is 0 Å². The summed E-state index contributed by atoms with van der Waals surface area (Å²) in [5.41, 5.74) is 7.24. The fourth-order valence-corrected chi connectivity index (χ4v) is 1.81. The van der Waals surface area contributed by atoms with Gasteiger partial charge in [0.25, 0.3) is 0 Å². The fraction of sp³-hybridized carbons (Fsp3) is 0.182. The zero-order chi connectivity index (χ0) is 11.0. The van der Waals surface area contributed by atoms with Gasteiger partial charge in [-0.15, -0.1) is 0 Å². The van der Waals surface area contributed by atoms with Gasteiger partial charge in [-0.3, -0.25) is 4.79 Å². The molecule has 2 nitrogen and oxygen atoms in total. The Labute approximate surface area is 85.4 Å². The van der Waals surface area contributed by atoms with Crippen molar-refractivity contribution in [2.45, 2.75) is 12.8 Å². The van der Waals surface area contributed by atoms with Gasteiger partial charge >= 0.3 is 0 Å². The van der Waals surface area contributed by atoms with Crippen LogP contribution in [0.15, 0.2) is 23.8 Å². The molecule has 0 fully saturated rings. The number of carbonyl (C=O) groups is 1. The highest BCUT2D eigenvalue weighted by Crippen LogP contribution is 2.27. The summed E-state index contributed by atoms with van der Waals surface area (Å²) < 4.78 is 25.8. The van der Waals surface area contributed by atoms with Crippen molar-refractivity contribution >= 4 is 5.91 Å². The Morgan fingerprint density at radius 3 is 2.07 bits per heavy atom. The highest BCUT2D eigenvalue weighted by molar-refractivity contribution is 5.86. The van der Waals surface area contributed by atoms with Crippen LogP contribution in [0.5, 0.6) is 0 Å². The summed E-state index contributed by atoms with van der Waals surface area (Å²) in [6.45, 7) is 0. The Bertz CT molecular complexity index is 433. The first-order valence-electron chi connectivity index (χ1n) is 4.52. The summed E-state index contributed by atoms with van der Waals surface area (Å²) in [5.74, 6) is -2.23. The van der Waals surface area contributed by atoms with Gasteiger partial charge in [-0.25, -0.2) is 8.78 Å². The lowest BCUT2D eigenvalue weighted by atomic mass is 10.1. The van der Waals surface area contributed by atoms with E-state index in [1.54, 1.807) is 0 Å². The van der Waals surface area contributed by atoms with Gasteiger partial charge in [-0.1, -0.05) is 5.57 Å². The molecule has 1 aromatic rings. The zero-order valence-electron chi connectivity index (χ0n) is 7.89. The second-order valence-corrected chi connectivity index (χ2v) is 3.59. The van der Waals surface area contributed by atoms with Gasteiger partial charge < -0.3 is 5.73 Å². The topological polar surface area (TPSA) is 43.1 Å². The number of hydrogen-bond acceptors (Lipinski definition) is 1. The van der Waals surface area contributed by atoms with Crippen molar-refractivity contribution in [2.75, 3.05) is 0 Å². The highest BCUT2D eigenvalue weighted by atomic mass is 19.2. The normalized spacial score (nSPS) is 13.9. The number of nitrogens with two attached hydrogens (primary N) is 1. The van der Waals surface area contributed by atoms with Crippen LogP contribution in [0.1, 0.15) is 11.1 Å². The minimum atomic E-state index is -0.853. The van der Waals surface area contributed by atoms with E-state index in [0.717, 1.165) is 16.7 Å². The lowest BCUT2D eigenvalue weighted by Gasteiger charge is -1.98. The van der Waals surface area contributed by atoms with Crippen LogP contribution in [0.4, 0.5) is 8.78 Å². The third-order valence-corrected chi connectivity index (χ3v) is 2.42. The lowest BCUT2D eigenvalue weighted by molar-refractivity contribution is -0.113. The predicted molar refractivity (Wildman–Crippen MR) is 51.0 cm³/mol. The van der Waals surface area contributed by atoms with Gasteiger partial charge in [0.15, 0.2) is 11.6 Å². The molecular weight excluding hydrogens is 200 g/mol. The van der Waals surface area contributed by atoms with Gasteiger partial charge in [0.1, 0.15) is 0 Å². The Kier molecular flexibility index (Phi) is 2.26. The monoisotopic (exact) mass is 209 g/mol. The van der Waals surface area contributed by atoms with E-state index in [2.05, 4.69) is 0 Å². The standard InChI is InChI=1S/C11H9F2NO/c12-9-4-7-1-6(3-11(14)15)2-8(7)5-10(9)13/h3-5H,1-2H2,(H2,14,15). The van der Waals surface area contributed by atoms with Crippen molar-refractivity contribution in [3.05, 3.63) is 46.5 Å². The molecule has 78 valence electrons. The minimum Gasteiger partial charge on any atom is -0.366 e. The molecule has 1 aliphatic rings. The molecule has 1 aromatic carbocycles. The summed E-state index contributed by atoms with van der Waals surface area (Å²) >= 11 is 0. The molecule has 1 aliphatic carbocycles. The van der Waals surface area contributed by atoms with E-state index in [0.29, 0.717) is 12.8 Å². The molecule has 2 N–H and O–H groups in total. The zero-order valence-corrected chi connectivity index (χ0v) is 7.89. The second kappa shape index (κ2) is 3.46. The molecule has 0 bridgehead atoms. The summed E-state index contributed by atoms with van der Waals surface area (Å²) in [7, 11) is 0. The number of fused-ring (bicyclic) bond motifs is 1. The molecule has 1 amide bonds. The Balaban J connectivity index is 2.35. The summed E-state index contributed by atoms with van der Waals surface area (Å²) in [6, 6.07) is 2.35. The molecule has 0 radical (unpaired) electrons. The first kappa shape index (κ1) is 9.83. The molecule has 0 saturated heterocycles. The largest absolute Gasteiger partial charge is 0.366 e. The van der Waals surface area contributed by atoms with Crippen LogP contribution in [-0.2, 0) is 17.6 Å². The number of halogens is 2. The molecule has 0 aromatic heterocycles. The van der Waals surface area contributed by atoms with Crippen molar-refractivity contribution in [3.63, 3.8) is 0 Å². The number of primary amides is 1. The van der Waals surface area contributed by atoms with Crippen LogP contribution in [0.3, 0.4) is 0 Å². The van der Waals surface area contributed by atoms with Crippen LogP contribution in [0, 0.1) is 11.6 Å². The molecule has 0 aliphatic heterocycles. The van der Waals surface area contributed by atoms with Gasteiger partial charge in [-0.05, 0) is 36.1 Å². The maximum Gasteiger partial charge on any atom is 0.241 e. The van der Waals surface area contributed by atoms with E-state index >= 15 is 0 Å². The van der Waals surface area contributed by atoms with E-state index in [-0.39, 0.29) is 0 Å². The van der Waals surface area contributed by atoms with Crippen molar-refractivity contribution < 1.29 is 13.6 Å². The average molecular weight is 209 g/mol. The number of allylic oxidation sites excluding steroid dienone is 1. The van der Waals surface area contributed by atoms with E-state index in [9.17, 15) is 13.6 Å². The van der Waals surface area contributed by atoms with Crippen molar-refractivity contribution in [3.8, 4) is 0 Å². The summed E-state index contributed by atoms with van der Waals surface area (Å²) in [5, 5.41) is 0. The van der Waals surface area contributed by atoms with Gasteiger partial charge in [0.2, 0.25) is 5.91 Å². The molecule has 0 heterocycles. The molecule has 15 heavy (non-hydrogen) atoms. The Morgan fingerprint density at radius 1 is 1.20 bits per heavy atom. The Morgan fingerprint density at radius 2 is 1.67 bits per heavy atom. The third kappa shape index (κ3) is 1.88. The SMILES string of the molecule is NC(=O)C=C1Cc2cc(F)c(F)cc2C1. The van der Waals surface area contributed by atoms with Crippen LogP contribution in [0.2, 0.25) is 0 Å². The van der Waals surface area contributed by atoms with Crippen molar-refractivity contribution in [1.82, 2.24) is 0 Å². The highest BCUT2D eigenvalue weighted by Gasteiger charge is 2.18. The molecular formula is C11H9F2NO. The van der Waals surface area contributed by atoms with E-state index in [1.165, 1.54) is 18.2 Å². The molecule has 0 atom stereocenters. The number of carbonyl (C=O) groups excluding carboxylic acids is 1. The molecule has 0 unspecified atom stereocenters. The summed E-state index contributed by atoms with van der Waals surface area (Å²) in [4.78, 5) is 10.6. The number of amides is 1.